The molecule has 2 saturated heterocycles. The molecule has 0 aliphatic carbocycles. The zero-order chi connectivity index (χ0) is 31.3. The second kappa shape index (κ2) is 13.7. The van der Waals surface area contributed by atoms with Gasteiger partial charge in [0.05, 0.1) is 12.7 Å². The molecule has 3 aromatic rings. The van der Waals surface area contributed by atoms with E-state index in [2.05, 4.69) is 0 Å². The maximum atomic E-state index is 13.6. The monoisotopic (exact) mass is 646 g/mol. The van der Waals surface area contributed by atoms with Crippen LogP contribution in [0.25, 0.3) is 22.3 Å². The summed E-state index contributed by atoms with van der Waals surface area (Å²) in [4.78, 5) is 13.6. The summed E-state index contributed by atoms with van der Waals surface area (Å²) in [5.41, 5.74) is -1.35. The van der Waals surface area contributed by atoms with E-state index in [1.807, 2.05) is 0 Å². The van der Waals surface area contributed by atoms with E-state index in [0.717, 1.165) is 24.3 Å². The molecule has 0 radical (unpaired) electrons. The van der Waals surface area contributed by atoms with E-state index < -0.39 is 113 Å². The average molecular weight is 647 g/mol. The molecule has 0 amide bonds. The van der Waals surface area contributed by atoms with E-state index in [1.165, 1.54) is 13.0 Å². The Kier molecular flexibility index (Phi) is 10.9. The van der Waals surface area contributed by atoms with Crippen LogP contribution in [-0.4, -0.2) is 130 Å². The highest BCUT2D eigenvalue weighted by molar-refractivity contribution is 5.88. The number of fused-ring (bicyclic) bond motifs is 1. The summed E-state index contributed by atoms with van der Waals surface area (Å²) in [7, 11) is 0. The van der Waals surface area contributed by atoms with E-state index in [1.54, 1.807) is 0 Å². The molecule has 2 aliphatic rings. The van der Waals surface area contributed by atoms with Gasteiger partial charge in [-0.2, -0.15) is 0 Å². The summed E-state index contributed by atoms with van der Waals surface area (Å²) in [6.07, 6.45) is -16.2. The van der Waals surface area contributed by atoms with Gasteiger partial charge in [-0.3, -0.25) is 4.79 Å². The third-order valence-corrected chi connectivity index (χ3v) is 7.29. The van der Waals surface area contributed by atoms with Crippen LogP contribution >= 0.6 is 0 Å². The summed E-state index contributed by atoms with van der Waals surface area (Å²) < 4.78 is 27.8. The predicted molar refractivity (Wildman–Crippen MR) is 147 cm³/mol. The lowest BCUT2D eigenvalue weighted by atomic mass is 9.98. The van der Waals surface area contributed by atoms with E-state index in [4.69, 9.17) is 23.4 Å². The van der Waals surface area contributed by atoms with Gasteiger partial charge in [0, 0.05) is 17.7 Å². The Morgan fingerprint density at radius 1 is 0.733 bits per heavy atom. The fourth-order valence-corrected chi connectivity index (χ4v) is 4.84. The minimum atomic E-state index is -1.97. The molecular formula is C27H34O18. The number of ether oxygens (including phenoxy) is 4. The molecule has 2 aromatic carbocycles. The van der Waals surface area contributed by atoms with Gasteiger partial charge in [0.25, 0.3) is 0 Å². The van der Waals surface area contributed by atoms with Crippen molar-refractivity contribution in [3.05, 3.63) is 40.6 Å². The molecule has 0 unspecified atom stereocenters. The van der Waals surface area contributed by atoms with Gasteiger partial charge in [-0.15, -0.1) is 0 Å². The summed E-state index contributed by atoms with van der Waals surface area (Å²) >= 11 is 0. The topological polar surface area (TPSA) is 332 Å². The van der Waals surface area contributed by atoms with Gasteiger partial charge >= 0.3 is 0 Å². The first-order chi connectivity index (χ1) is 20.3. The zero-order valence-electron chi connectivity index (χ0n) is 23.3. The fourth-order valence-electron chi connectivity index (χ4n) is 4.84. The molecule has 0 spiro atoms. The summed E-state index contributed by atoms with van der Waals surface area (Å²) in [5.74, 6) is -3.33. The molecule has 10 atom stereocenters. The van der Waals surface area contributed by atoms with Gasteiger partial charge in [0.15, 0.2) is 23.5 Å². The number of aliphatic hydroxyl groups is 6. The Labute approximate surface area is 252 Å². The molecule has 14 N–H and O–H groups in total. The number of aromatic hydroxyl groups is 4. The van der Waals surface area contributed by atoms with Crippen LogP contribution < -0.4 is 10.2 Å². The molecule has 18 nitrogen and oxygen atoms in total. The maximum absolute atomic E-state index is 13.6. The van der Waals surface area contributed by atoms with Crippen LogP contribution in [-0.2, 0) is 14.2 Å². The third-order valence-electron chi connectivity index (χ3n) is 7.29. The highest BCUT2D eigenvalue weighted by Gasteiger charge is 2.47. The summed E-state index contributed by atoms with van der Waals surface area (Å²) in [5, 5.41) is 101. The molecule has 2 fully saturated rings. The number of aliphatic hydroxyl groups excluding tert-OH is 6. The van der Waals surface area contributed by atoms with Gasteiger partial charge in [0.1, 0.15) is 65.2 Å². The van der Waals surface area contributed by atoms with E-state index in [9.17, 15) is 55.9 Å². The van der Waals surface area contributed by atoms with Crippen molar-refractivity contribution >= 4 is 11.0 Å². The van der Waals surface area contributed by atoms with Crippen LogP contribution in [0, 0.1) is 0 Å². The Hall–Kier alpha value is -3.79. The van der Waals surface area contributed by atoms with Gasteiger partial charge in [0.2, 0.25) is 17.5 Å². The van der Waals surface area contributed by atoms with Crippen LogP contribution in [0.4, 0.5) is 0 Å². The molecule has 2 aliphatic heterocycles. The number of phenolic OH excluding ortho intramolecular Hbond substituents is 4. The van der Waals surface area contributed by atoms with Crippen molar-refractivity contribution < 1.29 is 85.4 Å². The van der Waals surface area contributed by atoms with Crippen molar-refractivity contribution in [2.45, 2.75) is 68.3 Å². The fraction of sp³-hybridized carbons (Fsp3) is 0.444. The van der Waals surface area contributed by atoms with Crippen LogP contribution in [0.15, 0.2) is 39.5 Å². The Morgan fingerprint density at radius 3 is 2.04 bits per heavy atom. The summed E-state index contributed by atoms with van der Waals surface area (Å²) in [6, 6.07) is 5.24. The normalized spacial score (nSPS) is 31.5. The molecular weight excluding hydrogens is 612 g/mol. The second-order valence-corrected chi connectivity index (χ2v) is 10.3. The SMILES string of the molecule is C[C@@H]1O[C@@H](OC[C@H]2O[C@@H](Oc3c(-c4ccc(O)c(O)c4)oc4cc(O)cc(O)c4c3=O)[C@H](O)[C@@H](O)[C@@H]2O)[C@H](O)[C@H](O)[C@H]1O.O.O. The summed E-state index contributed by atoms with van der Waals surface area (Å²) in [6.45, 7) is 0.818. The second-order valence-electron chi connectivity index (χ2n) is 10.3. The number of rotatable bonds is 6. The first kappa shape index (κ1) is 35.7. The van der Waals surface area contributed by atoms with E-state index in [-0.39, 0.29) is 22.1 Å². The zero-order valence-corrected chi connectivity index (χ0v) is 23.3. The molecule has 0 bridgehead atoms. The van der Waals surface area contributed by atoms with Crippen molar-refractivity contribution in [3.63, 3.8) is 0 Å². The molecule has 45 heavy (non-hydrogen) atoms. The lowest BCUT2D eigenvalue weighted by Gasteiger charge is -2.42. The molecule has 3 heterocycles. The maximum Gasteiger partial charge on any atom is 0.239 e. The Morgan fingerprint density at radius 2 is 1.38 bits per heavy atom. The lowest BCUT2D eigenvalue weighted by Crippen LogP contribution is -2.61. The van der Waals surface area contributed by atoms with Gasteiger partial charge in [-0.1, -0.05) is 0 Å². The highest BCUT2D eigenvalue weighted by atomic mass is 16.7. The minimum absolute atomic E-state index is 0. The van der Waals surface area contributed by atoms with Gasteiger partial charge in [-0.25, -0.2) is 0 Å². The van der Waals surface area contributed by atoms with Crippen molar-refractivity contribution in [3.8, 4) is 40.1 Å². The average Bonchev–Trinajstić information content (AvgIpc) is 2.96. The van der Waals surface area contributed by atoms with Crippen molar-refractivity contribution in [1.29, 1.82) is 0 Å². The number of phenols is 4. The van der Waals surface area contributed by atoms with E-state index in [0.29, 0.717) is 0 Å². The largest absolute Gasteiger partial charge is 0.508 e. The number of hydrogen-bond donors (Lipinski definition) is 10. The smallest absolute Gasteiger partial charge is 0.239 e. The Balaban J connectivity index is 0.00000276. The van der Waals surface area contributed by atoms with Crippen molar-refractivity contribution in [1.82, 2.24) is 0 Å². The minimum Gasteiger partial charge on any atom is -0.508 e. The number of hydrogen-bond acceptors (Lipinski definition) is 16. The molecule has 1 aromatic heterocycles. The predicted octanol–water partition coefficient (Wildman–Crippen LogP) is -3.34. The van der Waals surface area contributed by atoms with Crippen molar-refractivity contribution in [2.24, 2.45) is 0 Å². The van der Waals surface area contributed by atoms with Crippen LogP contribution in [0.1, 0.15) is 6.92 Å². The quantitative estimate of drug-likeness (QED) is 0.117. The lowest BCUT2D eigenvalue weighted by molar-refractivity contribution is -0.318. The third kappa shape index (κ3) is 6.61. The number of benzene rings is 2. The van der Waals surface area contributed by atoms with E-state index >= 15 is 0 Å². The Bertz CT molecular complexity index is 1540. The molecule has 0 saturated carbocycles. The first-order valence-electron chi connectivity index (χ1n) is 13.0. The molecule has 250 valence electrons. The molecule has 5 rings (SSSR count). The highest BCUT2D eigenvalue weighted by Crippen LogP contribution is 2.39. The van der Waals surface area contributed by atoms with Crippen LogP contribution in [0.3, 0.4) is 0 Å². The standard InChI is InChI=1S/C27H30O16.2H2O/c1-8-17(32)20(35)22(37)26(40-8)39-7-15-18(33)21(36)23(38)27(42-15)43-25-19(34)16-13(31)5-10(28)6-14(16)41-24(25)9-2-3-11(29)12(30)4-9;;/h2-6,8,15,17-18,20-23,26-33,35-38H,7H2,1H3;2*1H2/t8-,15+,17-,18+,20+,21-,22+,23+,26+,27-;;/m0../s1. The van der Waals surface area contributed by atoms with Crippen molar-refractivity contribution in [2.75, 3.05) is 6.61 Å². The van der Waals surface area contributed by atoms with Gasteiger partial charge in [-0.05, 0) is 25.1 Å². The first-order valence-corrected chi connectivity index (χ1v) is 13.0. The molecule has 18 heteroatoms. The van der Waals surface area contributed by atoms with Gasteiger partial charge < -0.3 is 85.4 Å². The van der Waals surface area contributed by atoms with Crippen LogP contribution in [0.5, 0.6) is 28.7 Å². The van der Waals surface area contributed by atoms with Crippen LogP contribution in [0.2, 0.25) is 0 Å².